The van der Waals surface area contributed by atoms with Gasteiger partial charge in [-0.2, -0.15) is 0 Å². The number of carboxylic acids is 1. The maximum absolute atomic E-state index is 11.3. The number of hydrogen-bond acceptors (Lipinski definition) is 4. The zero-order valence-corrected chi connectivity index (χ0v) is 11.4. The molecule has 1 aromatic carbocycles. The predicted octanol–water partition coefficient (Wildman–Crippen LogP) is 2.59. The first-order valence-electron chi connectivity index (χ1n) is 6.74. The second kappa shape index (κ2) is 6.00. The molecule has 108 valence electrons. The zero-order valence-electron chi connectivity index (χ0n) is 11.4. The molecule has 0 aromatic heterocycles. The van der Waals surface area contributed by atoms with E-state index in [-0.39, 0.29) is 11.7 Å². The Balaban J connectivity index is 2.32. The molecule has 1 heterocycles. The Morgan fingerprint density at radius 1 is 1.45 bits per heavy atom. The largest absolute Gasteiger partial charge is 0.480 e. The molecule has 1 N–H and O–H groups in total. The van der Waals surface area contributed by atoms with Crippen LogP contribution in [0.4, 0.5) is 5.69 Å². The minimum atomic E-state index is -0.852. The molecule has 6 heteroatoms. The van der Waals surface area contributed by atoms with Gasteiger partial charge >= 0.3 is 5.97 Å². The van der Waals surface area contributed by atoms with Crippen LogP contribution < -0.4 is 0 Å². The lowest BCUT2D eigenvalue weighted by molar-refractivity contribution is -0.386. The number of rotatable bonds is 4. The third kappa shape index (κ3) is 2.80. The first kappa shape index (κ1) is 14.5. The van der Waals surface area contributed by atoms with Gasteiger partial charge in [0.25, 0.3) is 5.69 Å². The van der Waals surface area contributed by atoms with Crippen LogP contribution in [0.1, 0.15) is 37.8 Å². The quantitative estimate of drug-likeness (QED) is 0.676. The predicted molar refractivity (Wildman–Crippen MR) is 73.5 cm³/mol. The van der Waals surface area contributed by atoms with E-state index in [1.165, 1.54) is 6.07 Å². The van der Waals surface area contributed by atoms with E-state index in [0.29, 0.717) is 18.5 Å². The lowest BCUT2D eigenvalue weighted by Gasteiger charge is -2.37. The van der Waals surface area contributed by atoms with E-state index in [2.05, 4.69) is 0 Å². The molecule has 0 spiro atoms. The number of nitro groups is 1. The van der Waals surface area contributed by atoms with Crippen molar-refractivity contribution in [3.8, 4) is 0 Å². The van der Waals surface area contributed by atoms with Crippen molar-refractivity contribution in [2.24, 2.45) is 0 Å². The maximum atomic E-state index is 11.3. The Morgan fingerprint density at radius 3 is 2.80 bits per heavy atom. The number of carbonyl (C=O) groups is 1. The zero-order chi connectivity index (χ0) is 14.7. The average molecular weight is 278 g/mol. The van der Waals surface area contributed by atoms with E-state index in [4.69, 9.17) is 0 Å². The van der Waals surface area contributed by atoms with Gasteiger partial charge in [-0.25, -0.2) is 0 Å². The van der Waals surface area contributed by atoms with Gasteiger partial charge in [0, 0.05) is 17.7 Å². The second-order valence-corrected chi connectivity index (χ2v) is 5.08. The van der Waals surface area contributed by atoms with Gasteiger partial charge in [-0.05, 0) is 26.3 Å². The monoisotopic (exact) mass is 278 g/mol. The Kier molecular flexibility index (Phi) is 4.34. The summed E-state index contributed by atoms with van der Waals surface area (Å²) in [6.45, 7) is 2.49. The normalized spacial score (nSPS) is 21.4. The molecule has 2 atom stereocenters. The third-order valence-corrected chi connectivity index (χ3v) is 3.91. The van der Waals surface area contributed by atoms with Crippen LogP contribution in [0, 0.1) is 10.1 Å². The number of carboxylic acid groups (broad SMARTS) is 1. The number of nitro benzene ring substituents is 1. The summed E-state index contributed by atoms with van der Waals surface area (Å²) in [6.07, 6.45) is 2.41. The number of hydrogen-bond donors (Lipinski definition) is 1. The van der Waals surface area contributed by atoms with Crippen molar-refractivity contribution in [3.05, 3.63) is 39.9 Å². The van der Waals surface area contributed by atoms with E-state index in [0.717, 1.165) is 12.8 Å². The van der Waals surface area contributed by atoms with Crippen molar-refractivity contribution in [2.75, 3.05) is 6.54 Å². The molecule has 20 heavy (non-hydrogen) atoms. The Morgan fingerprint density at radius 2 is 2.15 bits per heavy atom. The summed E-state index contributed by atoms with van der Waals surface area (Å²) in [6, 6.07) is 5.70. The van der Waals surface area contributed by atoms with Gasteiger partial charge in [-0.15, -0.1) is 0 Å². The number of aliphatic carboxylic acids is 1. The Hall–Kier alpha value is -1.95. The van der Waals surface area contributed by atoms with Crippen LogP contribution in [0.3, 0.4) is 0 Å². The molecule has 0 aliphatic carbocycles. The van der Waals surface area contributed by atoms with Crippen LogP contribution in [-0.2, 0) is 4.79 Å². The molecular formula is C14H18N2O4. The Bertz CT molecular complexity index is 518. The molecule has 6 nitrogen and oxygen atoms in total. The molecule has 0 bridgehead atoms. The molecule has 1 aliphatic heterocycles. The molecular weight excluding hydrogens is 260 g/mol. The van der Waals surface area contributed by atoms with E-state index < -0.39 is 16.9 Å². The average Bonchev–Trinajstić information content (AvgIpc) is 2.46. The lowest BCUT2D eigenvalue weighted by atomic mass is 9.96. The molecule has 1 saturated heterocycles. The summed E-state index contributed by atoms with van der Waals surface area (Å²) in [7, 11) is 0. The van der Waals surface area contributed by atoms with E-state index in [9.17, 15) is 20.0 Å². The fourth-order valence-corrected chi connectivity index (χ4v) is 2.87. The highest BCUT2D eigenvalue weighted by molar-refractivity contribution is 5.73. The summed E-state index contributed by atoms with van der Waals surface area (Å²) in [4.78, 5) is 23.9. The van der Waals surface area contributed by atoms with Crippen LogP contribution in [-0.4, -0.2) is 33.5 Å². The molecule has 1 fully saturated rings. The summed E-state index contributed by atoms with van der Waals surface area (Å²) in [5.74, 6) is -0.852. The fraction of sp³-hybridized carbons (Fsp3) is 0.500. The number of benzene rings is 1. The number of para-hydroxylation sites is 1. The molecule has 0 amide bonds. The summed E-state index contributed by atoms with van der Waals surface area (Å²) < 4.78 is 0. The maximum Gasteiger partial charge on any atom is 0.320 e. The molecule has 2 rings (SSSR count). The van der Waals surface area contributed by atoms with Gasteiger partial charge in [0.1, 0.15) is 6.04 Å². The lowest BCUT2D eigenvalue weighted by Crippen LogP contribution is -2.45. The number of nitrogens with zero attached hydrogens (tertiary/aromatic N) is 2. The highest BCUT2D eigenvalue weighted by atomic mass is 16.6. The van der Waals surface area contributed by atoms with Crippen LogP contribution >= 0.6 is 0 Å². The van der Waals surface area contributed by atoms with Gasteiger partial charge in [0.2, 0.25) is 0 Å². The van der Waals surface area contributed by atoms with Crippen molar-refractivity contribution >= 4 is 11.7 Å². The molecule has 1 aromatic rings. The first-order chi connectivity index (χ1) is 9.52. The van der Waals surface area contributed by atoms with Crippen molar-refractivity contribution in [1.82, 2.24) is 4.90 Å². The van der Waals surface area contributed by atoms with Crippen LogP contribution in [0.2, 0.25) is 0 Å². The minimum absolute atomic E-state index is 0.0507. The summed E-state index contributed by atoms with van der Waals surface area (Å²) in [5, 5.41) is 20.4. The molecule has 2 unspecified atom stereocenters. The van der Waals surface area contributed by atoms with Crippen molar-refractivity contribution in [2.45, 2.75) is 38.3 Å². The molecule has 1 aliphatic rings. The number of likely N-dealkylation sites (tertiary alicyclic amines) is 1. The second-order valence-electron chi connectivity index (χ2n) is 5.08. The summed E-state index contributed by atoms with van der Waals surface area (Å²) >= 11 is 0. The van der Waals surface area contributed by atoms with Gasteiger partial charge < -0.3 is 5.11 Å². The van der Waals surface area contributed by atoms with E-state index >= 15 is 0 Å². The van der Waals surface area contributed by atoms with Gasteiger partial charge in [0.05, 0.1) is 4.92 Å². The standard InChI is InChI=1S/C14H18N2O4/c1-10(11-6-2-3-7-12(11)16(19)20)15-9-5-4-8-13(15)14(17)18/h2-3,6-7,10,13H,4-5,8-9H2,1H3,(H,17,18). The smallest absolute Gasteiger partial charge is 0.320 e. The van der Waals surface area contributed by atoms with Gasteiger partial charge in [-0.3, -0.25) is 19.8 Å². The topological polar surface area (TPSA) is 83.7 Å². The first-order valence-corrected chi connectivity index (χ1v) is 6.74. The van der Waals surface area contributed by atoms with Crippen LogP contribution in [0.15, 0.2) is 24.3 Å². The van der Waals surface area contributed by atoms with Gasteiger partial charge in [0.15, 0.2) is 0 Å². The minimum Gasteiger partial charge on any atom is -0.480 e. The highest BCUT2D eigenvalue weighted by Crippen LogP contribution is 2.33. The van der Waals surface area contributed by atoms with Crippen LogP contribution in [0.5, 0.6) is 0 Å². The molecule has 0 radical (unpaired) electrons. The highest BCUT2D eigenvalue weighted by Gasteiger charge is 2.34. The van der Waals surface area contributed by atoms with Crippen molar-refractivity contribution < 1.29 is 14.8 Å². The van der Waals surface area contributed by atoms with Gasteiger partial charge in [-0.1, -0.05) is 24.6 Å². The van der Waals surface area contributed by atoms with Crippen molar-refractivity contribution in [3.63, 3.8) is 0 Å². The van der Waals surface area contributed by atoms with Crippen LogP contribution in [0.25, 0.3) is 0 Å². The third-order valence-electron chi connectivity index (χ3n) is 3.91. The van der Waals surface area contributed by atoms with E-state index in [1.54, 1.807) is 18.2 Å². The van der Waals surface area contributed by atoms with E-state index in [1.807, 2.05) is 11.8 Å². The fourth-order valence-electron chi connectivity index (χ4n) is 2.87. The number of piperidine rings is 1. The molecule has 0 saturated carbocycles. The SMILES string of the molecule is CC(c1ccccc1[N+](=O)[O-])N1CCCCC1C(=O)O. The Labute approximate surface area is 117 Å². The summed E-state index contributed by atoms with van der Waals surface area (Å²) in [5.41, 5.74) is 0.625. The van der Waals surface area contributed by atoms with Crippen molar-refractivity contribution in [1.29, 1.82) is 0 Å².